The average molecular weight is 264 g/mol. The van der Waals surface area contributed by atoms with E-state index in [-0.39, 0.29) is 5.60 Å². The highest BCUT2D eigenvalue weighted by atomic mass is 79.9. The number of ether oxygens (including phenoxy) is 1. The predicted molar refractivity (Wildman–Crippen MR) is 64.1 cm³/mol. The molecule has 1 heterocycles. The van der Waals surface area contributed by atoms with Gasteiger partial charge < -0.3 is 9.64 Å². The van der Waals surface area contributed by atoms with Crippen molar-refractivity contribution in [1.29, 1.82) is 0 Å². The maximum atomic E-state index is 5.94. The summed E-state index contributed by atoms with van der Waals surface area (Å²) >= 11 is 3.56. The molecule has 1 fully saturated rings. The summed E-state index contributed by atoms with van der Waals surface area (Å²) in [6, 6.07) is 0. The minimum Gasteiger partial charge on any atom is -0.371 e. The van der Waals surface area contributed by atoms with Crippen LogP contribution in [0.5, 0.6) is 0 Å². The number of halogens is 1. The first-order valence-corrected chi connectivity index (χ1v) is 6.31. The Labute approximate surface area is 96.1 Å². The van der Waals surface area contributed by atoms with Crippen LogP contribution < -0.4 is 0 Å². The molecule has 0 N–H and O–H groups in total. The maximum absolute atomic E-state index is 5.94. The molecule has 0 aliphatic carbocycles. The molecule has 2 nitrogen and oxygen atoms in total. The van der Waals surface area contributed by atoms with Gasteiger partial charge in [-0.25, -0.2) is 0 Å². The highest BCUT2D eigenvalue weighted by Crippen LogP contribution is 2.29. The van der Waals surface area contributed by atoms with Gasteiger partial charge in [-0.05, 0) is 33.7 Å². The Morgan fingerprint density at radius 1 is 1.57 bits per heavy atom. The topological polar surface area (TPSA) is 12.5 Å². The highest BCUT2D eigenvalue weighted by molar-refractivity contribution is 9.09. The largest absolute Gasteiger partial charge is 0.371 e. The Morgan fingerprint density at radius 2 is 2.21 bits per heavy atom. The van der Waals surface area contributed by atoms with Crippen LogP contribution in [0.15, 0.2) is 0 Å². The normalized spacial score (nSPS) is 28.3. The lowest BCUT2D eigenvalue weighted by atomic mass is 10.1. The van der Waals surface area contributed by atoms with Gasteiger partial charge in [-0.15, -0.1) is 0 Å². The second-order valence-electron chi connectivity index (χ2n) is 5.04. The summed E-state index contributed by atoms with van der Waals surface area (Å²) in [6.07, 6.45) is 2.82. The molecule has 0 saturated carbocycles. The van der Waals surface area contributed by atoms with Gasteiger partial charge >= 0.3 is 0 Å². The van der Waals surface area contributed by atoms with Crippen LogP contribution in [0, 0.1) is 0 Å². The van der Waals surface area contributed by atoms with Crippen LogP contribution in [0.4, 0.5) is 0 Å². The summed E-state index contributed by atoms with van der Waals surface area (Å²) in [6.45, 7) is 8.68. The molecule has 0 spiro atoms. The number of hydrogen-bond donors (Lipinski definition) is 0. The number of nitrogens with zero attached hydrogens (tertiary/aromatic N) is 1. The van der Waals surface area contributed by atoms with E-state index in [1.807, 2.05) is 0 Å². The van der Waals surface area contributed by atoms with Crippen molar-refractivity contribution in [3.63, 3.8) is 0 Å². The molecule has 1 aliphatic heterocycles. The van der Waals surface area contributed by atoms with Gasteiger partial charge in [0.1, 0.15) is 0 Å². The Bertz CT molecular complexity index is 182. The molecule has 1 saturated heterocycles. The van der Waals surface area contributed by atoms with E-state index in [0.717, 1.165) is 13.1 Å². The van der Waals surface area contributed by atoms with Gasteiger partial charge in [0.15, 0.2) is 0 Å². The summed E-state index contributed by atoms with van der Waals surface area (Å²) in [5.41, 5.74) is 0.103. The number of alkyl halides is 1. The molecule has 0 aromatic carbocycles. The van der Waals surface area contributed by atoms with Gasteiger partial charge in [0.25, 0.3) is 0 Å². The third-order valence-electron chi connectivity index (χ3n) is 2.63. The zero-order valence-electron chi connectivity index (χ0n) is 9.72. The average Bonchev–Trinajstić information content (AvgIpc) is 2.27. The quantitative estimate of drug-likeness (QED) is 0.724. The third-order valence-corrected chi connectivity index (χ3v) is 2.92. The van der Waals surface area contributed by atoms with Crippen molar-refractivity contribution in [3.05, 3.63) is 0 Å². The monoisotopic (exact) mass is 263 g/mol. The van der Waals surface area contributed by atoms with Crippen LogP contribution >= 0.6 is 15.9 Å². The third kappa shape index (κ3) is 4.28. The van der Waals surface area contributed by atoms with Gasteiger partial charge in [0.2, 0.25) is 0 Å². The molecule has 0 aromatic heterocycles. The van der Waals surface area contributed by atoms with E-state index < -0.39 is 0 Å². The Morgan fingerprint density at radius 3 is 2.64 bits per heavy atom. The highest BCUT2D eigenvalue weighted by Gasteiger charge is 2.31. The number of likely N-dealkylation sites (N-methyl/N-ethyl adjacent to an activating group) is 1. The molecule has 14 heavy (non-hydrogen) atoms. The molecule has 2 unspecified atom stereocenters. The molecular weight excluding hydrogens is 242 g/mol. The second kappa shape index (κ2) is 4.95. The predicted octanol–water partition coefficient (Wildman–Crippen LogP) is 2.66. The standard InChI is InChI=1S/C11H22BrNO/c1-9(12)7-13(4)8-10-5-6-11(2,3)14-10/h9-10H,5-8H2,1-4H3. The lowest BCUT2D eigenvalue weighted by molar-refractivity contribution is -0.0257. The zero-order chi connectivity index (χ0) is 10.8. The minimum atomic E-state index is 0.103. The molecule has 84 valence electrons. The fourth-order valence-corrected chi connectivity index (χ4v) is 2.55. The first-order chi connectivity index (χ1) is 6.39. The van der Waals surface area contributed by atoms with E-state index in [1.54, 1.807) is 0 Å². The SMILES string of the molecule is CC(Br)CN(C)CC1CCC(C)(C)O1. The first kappa shape index (κ1) is 12.5. The molecule has 0 aromatic rings. The van der Waals surface area contributed by atoms with Gasteiger partial charge in [-0.2, -0.15) is 0 Å². The van der Waals surface area contributed by atoms with Crippen LogP contribution in [0.2, 0.25) is 0 Å². The van der Waals surface area contributed by atoms with Crippen molar-refractivity contribution in [3.8, 4) is 0 Å². The summed E-state index contributed by atoms with van der Waals surface area (Å²) in [5, 5.41) is 0. The summed E-state index contributed by atoms with van der Waals surface area (Å²) < 4.78 is 5.94. The van der Waals surface area contributed by atoms with Crippen molar-refractivity contribution < 1.29 is 4.74 Å². The number of hydrogen-bond acceptors (Lipinski definition) is 2. The van der Waals surface area contributed by atoms with Crippen LogP contribution in [-0.4, -0.2) is 41.6 Å². The van der Waals surface area contributed by atoms with Gasteiger partial charge in [-0.3, -0.25) is 0 Å². The Hall–Kier alpha value is 0.400. The van der Waals surface area contributed by atoms with Crippen molar-refractivity contribution in [2.45, 2.75) is 50.1 Å². The molecule has 2 atom stereocenters. The van der Waals surface area contributed by atoms with Crippen LogP contribution in [0.1, 0.15) is 33.6 Å². The van der Waals surface area contributed by atoms with E-state index in [2.05, 4.69) is 48.6 Å². The molecule has 0 radical (unpaired) electrons. The lowest BCUT2D eigenvalue weighted by Gasteiger charge is -2.24. The Balaban J connectivity index is 2.25. The minimum absolute atomic E-state index is 0.103. The van der Waals surface area contributed by atoms with Crippen LogP contribution in [0.25, 0.3) is 0 Å². The molecule has 3 heteroatoms. The molecule has 0 amide bonds. The fraction of sp³-hybridized carbons (Fsp3) is 1.00. The molecule has 1 rings (SSSR count). The lowest BCUT2D eigenvalue weighted by Crippen LogP contribution is -2.33. The van der Waals surface area contributed by atoms with Crippen LogP contribution in [0.3, 0.4) is 0 Å². The van der Waals surface area contributed by atoms with Gasteiger partial charge in [0.05, 0.1) is 11.7 Å². The smallest absolute Gasteiger partial charge is 0.0710 e. The van der Waals surface area contributed by atoms with E-state index in [9.17, 15) is 0 Å². The number of rotatable bonds is 4. The fourth-order valence-electron chi connectivity index (χ4n) is 2.06. The van der Waals surface area contributed by atoms with Crippen molar-refractivity contribution in [2.75, 3.05) is 20.1 Å². The van der Waals surface area contributed by atoms with Crippen molar-refractivity contribution in [2.24, 2.45) is 0 Å². The van der Waals surface area contributed by atoms with E-state index in [4.69, 9.17) is 4.74 Å². The Kier molecular flexibility index (Phi) is 4.41. The summed E-state index contributed by atoms with van der Waals surface area (Å²) in [4.78, 5) is 2.90. The molecular formula is C11H22BrNO. The molecule has 1 aliphatic rings. The van der Waals surface area contributed by atoms with Crippen molar-refractivity contribution >= 4 is 15.9 Å². The summed E-state index contributed by atoms with van der Waals surface area (Å²) in [7, 11) is 2.16. The maximum Gasteiger partial charge on any atom is 0.0710 e. The summed E-state index contributed by atoms with van der Waals surface area (Å²) in [5.74, 6) is 0. The van der Waals surface area contributed by atoms with E-state index >= 15 is 0 Å². The first-order valence-electron chi connectivity index (χ1n) is 5.39. The second-order valence-corrected chi connectivity index (χ2v) is 6.60. The van der Waals surface area contributed by atoms with Gasteiger partial charge in [-0.1, -0.05) is 22.9 Å². The molecule has 0 bridgehead atoms. The zero-order valence-corrected chi connectivity index (χ0v) is 11.3. The van der Waals surface area contributed by atoms with E-state index in [0.29, 0.717) is 10.9 Å². The van der Waals surface area contributed by atoms with Gasteiger partial charge in [0, 0.05) is 17.9 Å². The van der Waals surface area contributed by atoms with Crippen molar-refractivity contribution in [1.82, 2.24) is 4.90 Å². The van der Waals surface area contributed by atoms with Crippen LogP contribution in [-0.2, 0) is 4.74 Å². The van der Waals surface area contributed by atoms with E-state index in [1.165, 1.54) is 12.8 Å².